The average Bonchev–Trinajstić information content (AvgIpc) is 3.20. The number of carbonyl (C=O) groups is 1. The summed E-state index contributed by atoms with van der Waals surface area (Å²) in [6, 6.07) is 4.44. The minimum absolute atomic E-state index is 0.0398. The van der Waals surface area contributed by atoms with Crippen molar-refractivity contribution in [3.63, 3.8) is 0 Å². The molecule has 1 unspecified atom stereocenters. The predicted molar refractivity (Wildman–Crippen MR) is 119 cm³/mol. The Hall–Kier alpha value is -3.53. The Morgan fingerprint density at radius 2 is 2.09 bits per heavy atom. The second-order valence-corrected chi connectivity index (χ2v) is 7.68. The number of hydrogen-bond donors (Lipinski definition) is 2. The molecule has 0 bridgehead atoms. The monoisotopic (exact) mass is 439 g/mol. The van der Waals surface area contributed by atoms with Gasteiger partial charge in [-0.05, 0) is 26.0 Å². The lowest BCUT2D eigenvalue weighted by Gasteiger charge is -2.27. The zero-order chi connectivity index (χ0) is 22.8. The van der Waals surface area contributed by atoms with E-state index in [4.69, 9.17) is 10.5 Å². The quantitative estimate of drug-likeness (QED) is 0.751. The van der Waals surface area contributed by atoms with Crippen LogP contribution in [0.4, 0.5) is 10.2 Å². The Kier molecular flexibility index (Phi) is 6.04. The minimum atomic E-state index is -0.647. The minimum Gasteiger partial charge on any atom is -0.445 e. The molecule has 3 N–H and O–H groups in total. The summed E-state index contributed by atoms with van der Waals surface area (Å²) in [6.07, 6.45) is 2.72. The van der Waals surface area contributed by atoms with Crippen LogP contribution in [0.5, 0.6) is 0 Å². The molecule has 1 aromatic carbocycles. The van der Waals surface area contributed by atoms with Crippen LogP contribution in [0.1, 0.15) is 36.1 Å². The largest absolute Gasteiger partial charge is 0.445 e. The van der Waals surface area contributed by atoms with Crippen LogP contribution in [-0.4, -0.2) is 64.9 Å². The summed E-state index contributed by atoms with van der Waals surface area (Å²) >= 11 is 0. The highest BCUT2D eigenvalue weighted by Crippen LogP contribution is 2.31. The van der Waals surface area contributed by atoms with Crippen LogP contribution in [0.25, 0.3) is 11.3 Å². The molecule has 10 heteroatoms. The number of hydrogen-bond acceptors (Lipinski definition) is 8. The Labute approximate surface area is 185 Å². The van der Waals surface area contributed by atoms with Gasteiger partial charge in [-0.1, -0.05) is 12.1 Å². The molecule has 2 aliphatic heterocycles. The number of amides is 1. The first-order valence-electron chi connectivity index (χ1n) is 10.4. The predicted octanol–water partition coefficient (Wildman–Crippen LogP) is 2.15. The summed E-state index contributed by atoms with van der Waals surface area (Å²) in [7, 11) is 1.75. The summed E-state index contributed by atoms with van der Waals surface area (Å²) in [5.41, 5.74) is 8.28. The number of anilines is 1. The second kappa shape index (κ2) is 8.91. The van der Waals surface area contributed by atoms with Gasteiger partial charge in [0.1, 0.15) is 11.5 Å². The van der Waals surface area contributed by atoms with Crippen molar-refractivity contribution >= 4 is 17.6 Å². The average molecular weight is 439 g/mol. The molecule has 2 aliphatic rings. The topological polar surface area (TPSA) is 109 Å². The Morgan fingerprint density at radius 1 is 1.34 bits per heavy atom. The van der Waals surface area contributed by atoms with Gasteiger partial charge in [0.05, 0.1) is 17.5 Å². The number of ether oxygens (including phenoxy) is 1. The fourth-order valence-corrected chi connectivity index (χ4v) is 3.55. The van der Waals surface area contributed by atoms with Gasteiger partial charge in [-0.2, -0.15) is 0 Å². The lowest BCUT2D eigenvalue weighted by Crippen LogP contribution is -2.46. The van der Waals surface area contributed by atoms with Gasteiger partial charge in [-0.15, -0.1) is 5.10 Å². The standard InChI is InChI=1S/C22H26FN7O2/c1-4-13(2)20-28-29(3)22(32-20)18-19(24)26-12-17(27-18)14-5-6-15(16(23)11-14)21(31)30-9-7-25-8-10-30/h4-6,11-12,22,25H,7-10H2,1-3H3,(H2,24,26)/b13-4+. The first-order valence-corrected chi connectivity index (χ1v) is 10.4. The number of nitrogens with zero attached hydrogens (tertiary/aromatic N) is 5. The van der Waals surface area contributed by atoms with E-state index in [1.54, 1.807) is 23.0 Å². The maximum Gasteiger partial charge on any atom is 0.256 e. The highest BCUT2D eigenvalue weighted by Gasteiger charge is 2.31. The van der Waals surface area contributed by atoms with Gasteiger partial charge in [0.25, 0.3) is 5.91 Å². The summed E-state index contributed by atoms with van der Waals surface area (Å²) in [4.78, 5) is 23.1. The molecule has 9 nitrogen and oxygen atoms in total. The Bertz CT molecular complexity index is 1100. The fourth-order valence-electron chi connectivity index (χ4n) is 3.55. The number of piperazine rings is 1. The van der Waals surface area contributed by atoms with Crippen molar-refractivity contribution < 1.29 is 13.9 Å². The summed E-state index contributed by atoms with van der Waals surface area (Å²) in [6.45, 7) is 6.30. The Balaban J connectivity index is 1.60. The molecule has 4 rings (SSSR count). The van der Waals surface area contributed by atoms with E-state index in [0.29, 0.717) is 49.0 Å². The number of rotatable bonds is 4. The lowest BCUT2D eigenvalue weighted by molar-refractivity contribution is 0.0731. The van der Waals surface area contributed by atoms with E-state index in [2.05, 4.69) is 20.4 Å². The molecule has 32 heavy (non-hydrogen) atoms. The molecule has 2 aromatic rings. The van der Waals surface area contributed by atoms with E-state index in [9.17, 15) is 9.18 Å². The van der Waals surface area contributed by atoms with Gasteiger partial charge in [0.15, 0.2) is 5.82 Å². The summed E-state index contributed by atoms with van der Waals surface area (Å²) < 4.78 is 20.8. The van der Waals surface area contributed by atoms with E-state index < -0.39 is 12.0 Å². The van der Waals surface area contributed by atoms with Crippen LogP contribution in [0, 0.1) is 5.82 Å². The molecule has 0 spiro atoms. The number of nitrogen functional groups attached to an aromatic ring is 1. The zero-order valence-corrected chi connectivity index (χ0v) is 18.3. The van der Waals surface area contributed by atoms with E-state index in [-0.39, 0.29) is 17.3 Å². The fraction of sp³-hybridized carbons (Fsp3) is 0.364. The van der Waals surface area contributed by atoms with E-state index >= 15 is 0 Å². The summed E-state index contributed by atoms with van der Waals surface area (Å²) in [5, 5.41) is 9.17. The second-order valence-electron chi connectivity index (χ2n) is 7.68. The number of allylic oxidation sites excluding steroid dienone is 1. The van der Waals surface area contributed by atoms with Crippen LogP contribution in [0.2, 0.25) is 0 Å². The van der Waals surface area contributed by atoms with Crippen molar-refractivity contribution in [2.45, 2.75) is 20.1 Å². The molecule has 1 atom stereocenters. The maximum absolute atomic E-state index is 14.9. The van der Waals surface area contributed by atoms with E-state index in [1.165, 1.54) is 18.3 Å². The number of benzene rings is 1. The molecule has 168 valence electrons. The van der Waals surface area contributed by atoms with Gasteiger partial charge in [-0.25, -0.2) is 14.4 Å². The first kappa shape index (κ1) is 21.7. The van der Waals surface area contributed by atoms with Gasteiger partial charge in [0, 0.05) is 44.4 Å². The van der Waals surface area contributed by atoms with Crippen molar-refractivity contribution in [2.24, 2.45) is 5.10 Å². The van der Waals surface area contributed by atoms with Crippen LogP contribution in [-0.2, 0) is 4.74 Å². The van der Waals surface area contributed by atoms with Crippen molar-refractivity contribution in [3.05, 3.63) is 53.1 Å². The number of carbonyl (C=O) groups excluding carboxylic acids is 1. The van der Waals surface area contributed by atoms with Crippen molar-refractivity contribution in [1.29, 1.82) is 0 Å². The van der Waals surface area contributed by atoms with Gasteiger partial charge >= 0.3 is 0 Å². The molecule has 1 saturated heterocycles. The van der Waals surface area contributed by atoms with Crippen molar-refractivity contribution in [1.82, 2.24) is 25.2 Å². The van der Waals surface area contributed by atoms with E-state index in [1.807, 2.05) is 19.9 Å². The third-order valence-corrected chi connectivity index (χ3v) is 5.54. The molecule has 0 saturated carbocycles. The molecule has 1 aromatic heterocycles. The van der Waals surface area contributed by atoms with Gasteiger partial charge in [-0.3, -0.25) is 9.80 Å². The number of hydrazone groups is 1. The smallest absolute Gasteiger partial charge is 0.256 e. The molecule has 1 fully saturated rings. The maximum atomic E-state index is 14.9. The third kappa shape index (κ3) is 4.13. The SMILES string of the molecule is C/C=C(\C)C1=NN(C)C(c2nc(-c3ccc(C(=O)N4CCNCC4)c(F)c3)cnc2N)O1. The van der Waals surface area contributed by atoms with Crippen LogP contribution in [0.15, 0.2) is 41.1 Å². The lowest BCUT2D eigenvalue weighted by atomic mass is 10.1. The van der Waals surface area contributed by atoms with Gasteiger partial charge in [0.2, 0.25) is 12.1 Å². The molecule has 0 radical (unpaired) electrons. The number of nitrogens with one attached hydrogen (secondary N) is 1. The first-order chi connectivity index (χ1) is 15.4. The molecule has 1 amide bonds. The van der Waals surface area contributed by atoms with Crippen LogP contribution < -0.4 is 11.1 Å². The van der Waals surface area contributed by atoms with Crippen LogP contribution in [0.3, 0.4) is 0 Å². The number of nitrogens with two attached hydrogens (primary N) is 1. The van der Waals surface area contributed by atoms with Crippen molar-refractivity contribution in [2.75, 3.05) is 39.0 Å². The van der Waals surface area contributed by atoms with Crippen LogP contribution >= 0.6 is 0 Å². The molecular weight excluding hydrogens is 413 g/mol. The van der Waals surface area contributed by atoms with E-state index in [0.717, 1.165) is 5.57 Å². The number of halogens is 1. The highest BCUT2D eigenvalue weighted by atomic mass is 19.1. The van der Waals surface area contributed by atoms with Crippen molar-refractivity contribution in [3.8, 4) is 11.3 Å². The third-order valence-electron chi connectivity index (χ3n) is 5.54. The normalized spacial score (nSPS) is 19.1. The molecule has 0 aliphatic carbocycles. The van der Waals surface area contributed by atoms with Gasteiger partial charge < -0.3 is 20.7 Å². The molecule has 3 heterocycles. The highest BCUT2D eigenvalue weighted by molar-refractivity contribution is 5.95. The number of aromatic nitrogens is 2. The summed E-state index contributed by atoms with van der Waals surface area (Å²) in [5.74, 6) is -0.237. The zero-order valence-electron chi connectivity index (χ0n) is 18.3. The molecular formula is C22H26FN7O2. The Morgan fingerprint density at radius 3 is 2.78 bits per heavy atom.